The fourth-order valence-corrected chi connectivity index (χ4v) is 0.791. The minimum atomic E-state index is 0.241. The van der Waals surface area contributed by atoms with Crippen molar-refractivity contribution in [1.29, 1.82) is 5.41 Å². The highest BCUT2D eigenvalue weighted by Crippen LogP contribution is 2.02. The maximum absolute atomic E-state index is 7.03. The van der Waals surface area contributed by atoms with Crippen LogP contribution in [-0.2, 0) is 4.74 Å². The van der Waals surface area contributed by atoms with Crippen LogP contribution in [0.25, 0.3) is 0 Å². The molecule has 11 heavy (non-hydrogen) atoms. The van der Waals surface area contributed by atoms with Crippen molar-refractivity contribution >= 4 is 5.84 Å². The van der Waals surface area contributed by atoms with E-state index in [1.165, 1.54) is 0 Å². The van der Waals surface area contributed by atoms with E-state index in [1.54, 1.807) is 0 Å². The molecule has 0 heterocycles. The number of hydrogen-bond acceptors (Lipinski definition) is 2. The molecule has 0 radical (unpaired) electrons. The lowest BCUT2D eigenvalue weighted by Crippen LogP contribution is -2.18. The fraction of sp³-hybridized carbons (Fsp3) is 0.875. The first-order valence-corrected chi connectivity index (χ1v) is 3.97. The number of ether oxygens (including phenoxy) is 1. The normalized spacial score (nSPS) is 13.5. The molecule has 0 spiro atoms. The van der Waals surface area contributed by atoms with E-state index in [4.69, 9.17) is 15.9 Å². The largest absolute Gasteiger partial charge is 0.388 e. The third kappa shape index (κ3) is 7.33. The van der Waals surface area contributed by atoms with Gasteiger partial charge in [-0.1, -0.05) is 6.92 Å². The summed E-state index contributed by atoms with van der Waals surface area (Å²) in [7, 11) is 0. The zero-order chi connectivity index (χ0) is 8.85. The predicted molar refractivity (Wildman–Crippen MR) is 46.8 cm³/mol. The standard InChI is InChI=1S/C8H18N2O/c1-6(2)11-5-7(3)4-8(9)10/h6-7H,4-5H2,1-3H3,(H3,9,10). The molecule has 66 valence electrons. The molecule has 0 aliphatic rings. The molecule has 1 unspecified atom stereocenters. The van der Waals surface area contributed by atoms with E-state index in [9.17, 15) is 0 Å². The zero-order valence-electron chi connectivity index (χ0n) is 7.55. The lowest BCUT2D eigenvalue weighted by molar-refractivity contribution is 0.0567. The number of amidine groups is 1. The molecular weight excluding hydrogens is 140 g/mol. The lowest BCUT2D eigenvalue weighted by atomic mass is 10.1. The third-order valence-electron chi connectivity index (χ3n) is 1.28. The van der Waals surface area contributed by atoms with Crippen LogP contribution in [0.5, 0.6) is 0 Å². The van der Waals surface area contributed by atoms with Gasteiger partial charge in [-0.15, -0.1) is 0 Å². The van der Waals surface area contributed by atoms with Crippen LogP contribution in [0.3, 0.4) is 0 Å². The SMILES string of the molecule is CC(COC(C)C)CC(=N)N. The van der Waals surface area contributed by atoms with Crippen molar-refractivity contribution in [2.24, 2.45) is 11.7 Å². The molecule has 0 amide bonds. The molecule has 0 bridgehead atoms. The monoisotopic (exact) mass is 158 g/mol. The molecule has 3 heteroatoms. The van der Waals surface area contributed by atoms with E-state index in [1.807, 2.05) is 20.8 Å². The van der Waals surface area contributed by atoms with Crippen molar-refractivity contribution in [2.45, 2.75) is 33.3 Å². The molecule has 1 atom stereocenters. The molecule has 0 fully saturated rings. The molecule has 3 nitrogen and oxygen atoms in total. The van der Waals surface area contributed by atoms with Gasteiger partial charge in [0, 0.05) is 13.0 Å². The van der Waals surface area contributed by atoms with Crippen molar-refractivity contribution < 1.29 is 4.74 Å². The van der Waals surface area contributed by atoms with Crippen molar-refractivity contribution in [3.63, 3.8) is 0 Å². The Kier molecular flexibility index (Phi) is 4.86. The van der Waals surface area contributed by atoms with Crippen LogP contribution >= 0.6 is 0 Å². The van der Waals surface area contributed by atoms with Gasteiger partial charge in [0.25, 0.3) is 0 Å². The van der Waals surface area contributed by atoms with Gasteiger partial charge in [-0.05, 0) is 19.8 Å². The first-order valence-electron chi connectivity index (χ1n) is 3.97. The molecule has 3 N–H and O–H groups in total. The molecule has 0 aromatic heterocycles. The molecule has 0 rings (SSSR count). The van der Waals surface area contributed by atoms with Crippen molar-refractivity contribution in [2.75, 3.05) is 6.61 Å². The second kappa shape index (κ2) is 5.13. The summed E-state index contributed by atoms with van der Waals surface area (Å²) >= 11 is 0. The molecule has 0 aliphatic heterocycles. The van der Waals surface area contributed by atoms with Gasteiger partial charge in [-0.3, -0.25) is 5.41 Å². The van der Waals surface area contributed by atoms with Crippen LogP contribution in [0.4, 0.5) is 0 Å². The predicted octanol–water partition coefficient (Wildman–Crippen LogP) is 1.37. The first kappa shape index (κ1) is 10.4. The maximum Gasteiger partial charge on any atom is 0.0908 e. The summed E-state index contributed by atoms with van der Waals surface area (Å²) in [5.41, 5.74) is 5.23. The van der Waals surface area contributed by atoms with Crippen LogP contribution in [0.1, 0.15) is 27.2 Å². The van der Waals surface area contributed by atoms with Gasteiger partial charge in [0.15, 0.2) is 0 Å². The van der Waals surface area contributed by atoms with E-state index in [-0.39, 0.29) is 11.9 Å². The van der Waals surface area contributed by atoms with E-state index in [0.717, 1.165) is 0 Å². The number of hydrogen-bond donors (Lipinski definition) is 2. The molecule has 0 aromatic carbocycles. The van der Waals surface area contributed by atoms with Crippen LogP contribution in [0, 0.1) is 11.3 Å². The zero-order valence-corrected chi connectivity index (χ0v) is 7.55. The Morgan fingerprint density at radius 3 is 2.36 bits per heavy atom. The molecular formula is C8H18N2O. The summed E-state index contributed by atoms with van der Waals surface area (Å²) in [5, 5.41) is 7.03. The average molecular weight is 158 g/mol. The Bertz CT molecular complexity index is 123. The summed E-state index contributed by atoms with van der Waals surface area (Å²) in [6.45, 7) is 6.72. The van der Waals surface area contributed by atoms with Gasteiger partial charge in [0.1, 0.15) is 0 Å². The summed E-state index contributed by atoms with van der Waals surface area (Å²) < 4.78 is 5.35. The van der Waals surface area contributed by atoms with Gasteiger partial charge >= 0.3 is 0 Å². The van der Waals surface area contributed by atoms with E-state index in [2.05, 4.69) is 0 Å². The van der Waals surface area contributed by atoms with Crippen LogP contribution in [-0.4, -0.2) is 18.5 Å². The van der Waals surface area contributed by atoms with Crippen LogP contribution in [0.2, 0.25) is 0 Å². The Labute approximate surface area is 68.4 Å². The van der Waals surface area contributed by atoms with E-state index < -0.39 is 0 Å². The molecule has 0 aliphatic carbocycles. The quantitative estimate of drug-likeness (QED) is 0.469. The second-order valence-electron chi connectivity index (χ2n) is 3.22. The van der Waals surface area contributed by atoms with E-state index >= 15 is 0 Å². The summed E-state index contributed by atoms with van der Waals surface area (Å²) in [6, 6.07) is 0. The summed E-state index contributed by atoms with van der Waals surface area (Å²) in [4.78, 5) is 0. The van der Waals surface area contributed by atoms with Crippen molar-refractivity contribution in [3.8, 4) is 0 Å². The number of nitrogens with one attached hydrogen (secondary N) is 1. The highest BCUT2D eigenvalue weighted by atomic mass is 16.5. The summed E-state index contributed by atoms with van der Waals surface area (Å²) in [6.07, 6.45) is 0.900. The maximum atomic E-state index is 7.03. The second-order valence-corrected chi connectivity index (χ2v) is 3.22. The van der Waals surface area contributed by atoms with Crippen molar-refractivity contribution in [1.82, 2.24) is 0 Å². The smallest absolute Gasteiger partial charge is 0.0908 e. The van der Waals surface area contributed by atoms with Crippen LogP contribution in [0.15, 0.2) is 0 Å². The highest BCUT2D eigenvalue weighted by Gasteiger charge is 2.04. The Balaban J connectivity index is 3.37. The first-order chi connectivity index (χ1) is 5.02. The number of nitrogens with two attached hydrogens (primary N) is 1. The third-order valence-corrected chi connectivity index (χ3v) is 1.28. The molecule has 0 saturated heterocycles. The highest BCUT2D eigenvalue weighted by molar-refractivity contribution is 5.76. The Hall–Kier alpha value is -0.570. The lowest BCUT2D eigenvalue weighted by Gasteiger charge is -2.12. The molecule has 0 aromatic rings. The van der Waals surface area contributed by atoms with Gasteiger partial charge in [-0.25, -0.2) is 0 Å². The van der Waals surface area contributed by atoms with Gasteiger partial charge in [0.05, 0.1) is 11.9 Å². The van der Waals surface area contributed by atoms with Gasteiger partial charge in [-0.2, -0.15) is 0 Å². The van der Waals surface area contributed by atoms with Crippen molar-refractivity contribution in [3.05, 3.63) is 0 Å². The Morgan fingerprint density at radius 1 is 1.45 bits per heavy atom. The summed E-state index contributed by atoms with van der Waals surface area (Å²) in [5.74, 6) is 0.597. The fourth-order valence-electron chi connectivity index (χ4n) is 0.791. The number of rotatable bonds is 5. The molecule has 0 saturated carbocycles. The van der Waals surface area contributed by atoms with Gasteiger partial charge in [0.2, 0.25) is 0 Å². The van der Waals surface area contributed by atoms with Gasteiger partial charge < -0.3 is 10.5 Å². The average Bonchev–Trinajstić information content (AvgIpc) is 1.82. The Morgan fingerprint density at radius 2 is 2.00 bits per heavy atom. The van der Waals surface area contributed by atoms with Crippen LogP contribution < -0.4 is 5.73 Å². The van der Waals surface area contributed by atoms with E-state index in [0.29, 0.717) is 18.9 Å². The minimum Gasteiger partial charge on any atom is -0.388 e. The topological polar surface area (TPSA) is 59.1 Å². The minimum absolute atomic E-state index is 0.241.